The van der Waals surface area contributed by atoms with Crippen molar-refractivity contribution in [1.82, 2.24) is 4.98 Å². The topological polar surface area (TPSA) is 15.8 Å². The van der Waals surface area contributed by atoms with Crippen LogP contribution in [0.5, 0.6) is 0 Å². The summed E-state index contributed by atoms with van der Waals surface area (Å²) in [5.41, 5.74) is 9.29. The molecule has 0 aliphatic rings. The number of aromatic amines is 1. The summed E-state index contributed by atoms with van der Waals surface area (Å²) in [5.74, 6) is -1.17. The van der Waals surface area contributed by atoms with Crippen molar-refractivity contribution in [3.8, 4) is 33.4 Å². The molecule has 0 amide bonds. The van der Waals surface area contributed by atoms with Crippen LogP contribution in [0, 0.1) is 25.5 Å². The molecule has 0 radical (unpaired) electrons. The molecule has 0 fully saturated rings. The first kappa shape index (κ1) is 21.3. The Bertz CT molecular complexity index is 1730. The molecule has 0 unspecified atom stereocenters. The van der Waals surface area contributed by atoms with Gasteiger partial charge in [0.15, 0.2) is 0 Å². The molecule has 35 heavy (non-hydrogen) atoms. The van der Waals surface area contributed by atoms with Crippen molar-refractivity contribution in [2.75, 3.05) is 0 Å². The molecule has 0 atom stereocenters. The molecule has 1 N–H and O–H groups in total. The van der Waals surface area contributed by atoms with Gasteiger partial charge in [-0.3, -0.25) is 0 Å². The highest BCUT2D eigenvalue weighted by Gasteiger charge is 2.25. The molecule has 1 nitrogen and oxygen atoms in total. The zero-order valence-corrected chi connectivity index (χ0v) is 19.5. The lowest BCUT2D eigenvalue weighted by Crippen LogP contribution is -1.99. The van der Waals surface area contributed by atoms with Gasteiger partial charge in [0.1, 0.15) is 11.6 Å². The number of rotatable bonds is 3. The average Bonchev–Trinajstić information content (AvgIpc) is 3.24. The molecule has 0 saturated heterocycles. The third kappa shape index (κ3) is 3.35. The fourth-order valence-corrected chi connectivity index (χ4v) is 5.33. The van der Waals surface area contributed by atoms with Crippen molar-refractivity contribution in [2.45, 2.75) is 13.8 Å². The molecular formula is C32H23F2N. The maximum absolute atomic E-state index is 15.4. The van der Waals surface area contributed by atoms with Crippen LogP contribution >= 0.6 is 0 Å². The molecule has 1 heterocycles. The Morgan fingerprint density at radius 1 is 0.629 bits per heavy atom. The van der Waals surface area contributed by atoms with Gasteiger partial charge in [0.25, 0.3) is 0 Å². The Hall–Kier alpha value is -4.24. The van der Waals surface area contributed by atoms with Gasteiger partial charge in [0, 0.05) is 33.5 Å². The number of fused-ring (bicyclic) bond motifs is 3. The zero-order chi connectivity index (χ0) is 24.1. The molecule has 0 bridgehead atoms. The van der Waals surface area contributed by atoms with E-state index in [9.17, 15) is 4.39 Å². The van der Waals surface area contributed by atoms with Crippen LogP contribution in [0.4, 0.5) is 8.78 Å². The minimum atomic E-state index is -0.589. The van der Waals surface area contributed by atoms with Gasteiger partial charge >= 0.3 is 0 Å². The number of aryl methyl sites for hydroxylation is 1. The lowest BCUT2D eigenvalue weighted by molar-refractivity contribution is 0.585. The van der Waals surface area contributed by atoms with E-state index in [-0.39, 0.29) is 0 Å². The number of nitrogens with one attached hydrogen (secondary N) is 1. The van der Waals surface area contributed by atoms with Crippen LogP contribution < -0.4 is 0 Å². The normalized spacial score (nSPS) is 11.4. The van der Waals surface area contributed by atoms with Gasteiger partial charge < -0.3 is 4.98 Å². The van der Waals surface area contributed by atoms with E-state index in [1.807, 2.05) is 48.5 Å². The Morgan fingerprint density at radius 2 is 1.34 bits per heavy atom. The minimum Gasteiger partial charge on any atom is -0.354 e. The Morgan fingerprint density at radius 3 is 2.11 bits per heavy atom. The summed E-state index contributed by atoms with van der Waals surface area (Å²) in [7, 11) is 0. The number of H-pyrrole nitrogens is 1. The highest BCUT2D eigenvalue weighted by molar-refractivity contribution is 6.22. The Labute approximate surface area is 202 Å². The van der Waals surface area contributed by atoms with Crippen molar-refractivity contribution in [3.05, 3.63) is 120 Å². The van der Waals surface area contributed by atoms with Crippen LogP contribution in [0.25, 0.3) is 55.2 Å². The van der Waals surface area contributed by atoms with Crippen LogP contribution in [0.15, 0.2) is 97.1 Å². The van der Waals surface area contributed by atoms with Crippen LogP contribution in [-0.2, 0) is 0 Å². The Balaban J connectivity index is 1.90. The summed E-state index contributed by atoms with van der Waals surface area (Å²) in [6.07, 6.45) is 0. The van der Waals surface area contributed by atoms with Crippen LogP contribution in [-0.4, -0.2) is 4.98 Å². The molecule has 5 aromatic carbocycles. The van der Waals surface area contributed by atoms with E-state index in [4.69, 9.17) is 0 Å². The Kier molecular flexibility index (Phi) is 5.00. The van der Waals surface area contributed by atoms with Gasteiger partial charge in [-0.05, 0) is 65.4 Å². The molecule has 0 spiro atoms. The van der Waals surface area contributed by atoms with E-state index < -0.39 is 11.6 Å². The van der Waals surface area contributed by atoms with E-state index >= 15 is 4.39 Å². The number of para-hydroxylation sites is 1. The van der Waals surface area contributed by atoms with Gasteiger partial charge in [-0.1, -0.05) is 72.8 Å². The minimum absolute atomic E-state index is 0.379. The van der Waals surface area contributed by atoms with Crippen molar-refractivity contribution in [2.24, 2.45) is 0 Å². The molecule has 3 heteroatoms. The van der Waals surface area contributed by atoms with Gasteiger partial charge in [-0.25, -0.2) is 8.78 Å². The van der Waals surface area contributed by atoms with E-state index in [1.54, 1.807) is 6.07 Å². The van der Waals surface area contributed by atoms with E-state index in [0.29, 0.717) is 5.56 Å². The predicted molar refractivity (Wildman–Crippen MR) is 142 cm³/mol. The van der Waals surface area contributed by atoms with Crippen molar-refractivity contribution >= 4 is 21.8 Å². The lowest BCUT2D eigenvalue weighted by atomic mass is 9.82. The summed E-state index contributed by atoms with van der Waals surface area (Å²) in [6, 6.07) is 30.5. The second-order valence-electron chi connectivity index (χ2n) is 8.98. The molecule has 170 valence electrons. The van der Waals surface area contributed by atoms with Crippen LogP contribution in [0.3, 0.4) is 0 Å². The second kappa shape index (κ2) is 8.21. The van der Waals surface area contributed by atoms with Crippen molar-refractivity contribution in [1.29, 1.82) is 0 Å². The van der Waals surface area contributed by atoms with E-state index in [1.165, 1.54) is 6.07 Å². The fourth-order valence-electron chi connectivity index (χ4n) is 5.33. The fraction of sp³-hybridized carbons (Fsp3) is 0.0625. The van der Waals surface area contributed by atoms with Crippen molar-refractivity contribution < 1.29 is 8.78 Å². The summed E-state index contributed by atoms with van der Waals surface area (Å²) < 4.78 is 29.4. The predicted octanol–water partition coefficient (Wildman–Crippen LogP) is 9.22. The smallest absolute Gasteiger partial charge is 0.134 e. The molecule has 6 aromatic rings. The molecule has 1 aromatic heterocycles. The highest BCUT2D eigenvalue weighted by atomic mass is 19.1. The van der Waals surface area contributed by atoms with Crippen LogP contribution in [0.2, 0.25) is 0 Å². The van der Waals surface area contributed by atoms with E-state index in [2.05, 4.69) is 49.2 Å². The summed E-state index contributed by atoms with van der Waals surface area (Å²) in [4.78, 5) is 3.59. The lowest BCUT2D eigenvalue weighted by Gasteiger charge is -2.21. The van der Waals surface area contributed by atoms with Gasteiger partial charge in [-0.15, -0.1) is 0 Å². The summed E-state index contributed by atoms with van der Waals surface area (Å²) in [6.45, 7) is 4.17. The third-order valence-electron chi connectivity index (χ3n) is 6.88. The SMILES string of the molecule is Cc1ccccc1-c1c(C)c(-c2ccccc2)c2c([nH]c3ccccc32)c1-c1ccc(F)cc1F. The van der Waals surface area contributed by atoms with Crippen molar-refractivity contribution in [3.63, 3.8) is 0 Å². The first-order chi connectivity index (χ1) is 17.0. The number of hydrogen-bond acceptors (Lipinski definition) is 0. The van der Waals surface area contributed by atoms with E-state index in [0.717, 1.165) is 66.8 Å². The first-order valence-corrected chi connectivity index (χ1v) is 11.7. The standard InChI is InChI=1S/C32H23F2N/c1-19-10-6-7-13-23(19)29-20(2)28(21-11-4-3-5-12-21)31-25-14-8-9-15-27(25)35-32(31)30(29)24-17-16-22(33)18-26(24)34/h3-18,35H,1-2H3. The molecule has 0 saturated carbocycles. The average molecular weight is 460 g/mol. The van der Waals surface area contributed by atoms with Crippen LogP contribution in [0.1, 0.15) is 11.1 Å². The molecule has 0 aliphatic heterocycles. The zero-order valence-electron chi connectivity index (χ0n) is 19.5. The highest BCUT2D eigenvalue weighted by Crippen LogP contribution is 2.49. The number of hydrogen-bond donors (Lipinski definition) is 1. The second-order valence-corrected chi connectivity index (χ2v) is 8.98. The first-order valence-electron chi connectivity index (χ1n) is 11.7. The summed E-state index contributed by atoms with van der Waals surface area (Å²) in [5, 5.41) is 2.12. The largest absolute Gasteiger partial charge is 0.354 e. The summed E-state index contributed by atoms with van der Waals surface area (Å²) >= 11 is 0. The van der Waals surface area contributed by atoms with Gasteiger partial charge in [-0.2, -0.15) is 0 Å². The number of halogens is 2. The quantitative estimate of drug-likeness (QED) is 0.271. The maximum atomic E-state index is 15.4. The maximum Gasteiger partial charge on any atom is 0.134 e. The monoisotopic (exact) mass is 459 g/mol. The number of aromatic nitrogens is 1. The molecule has 6 rings (SSSR count). The number of benzene rings is 5. The van der Waals surface area contributed by atoms with Gasteiger partial charge in [0.05, 0.1) is 5.52 Å². The van der Waals surface area contributed by atoms with Gasteiger partial charge in [0.2, 0.25) is 0 Å². The third-order valence-corrected chi connectivity index (χ3v) is 6.88. The molecular weight excluding hydrogens is 436 g/mol. The molecule has 0 aliphatic carbocycles.